The Morgan fingerprint density at radius 1 is 0.957 bits per heavy atom. The zero-order chi connectivity index (χ0) is 33.4. The van der Waals surface area contributed by atoms with Crippen molar-refractivity contribution in [3.8, 4) is 5.75 Å². The Bertz CT molecular complexity index is 1560. The quantitative estimate of drug-likeness (QED) is 0.275. The lowest BCUT2D eigenvalue weighted by atomic mass is 9.99. The summed E-state index contributed by atoms with van der Waals surface area (Å²) >= 11 is 0. The molecule has 246 valence electrons. The molecule has 0 bridgehead atoms. The van der Waals surface area contributed by atoms with E-state index < -0.39 is 35.9 Å². The van der Waals surface area contributed by atoms with Gasteiger partial charge in [-0.25, -0.2) is 0 Å². The van der Waals surface area contributed by atoms with Gasteiger partial charge in [-0.1, -0.05) is 48.9 Å². The van der Waals surface area contributed by atoms with Crippen molar-refractivity contribution in [2.45, 2.75) is 84.0 Å². The highest BCUT2D eigenvalue weighted by Gasteiger charge is 2.33. The smallest absolute Gasteiger partial charge is 0.308 e. The molecule has 0 fully saturated rings. The van der Waals surface area contributed by atoms with Gasteiger partial charge in [0.15, 0.2) is 0 Å². The van der Waals surface area contributed by atoms with Gasteiger partial charge >= 0.3 is 5.97 Å². The van der Waals surface area contributed by atoms with Gasteiger partial charge in [-0.15, -0.1) is 0 Å². The zero-order valence-corrected chi connectivity index (χ0v) is 27.6. The largest absolute Gasteiger partial charge is 0.497 e. The fraction of sp³-hybridized carbons (Fsp3) is 0.444. The van der Waals surface area contributed by atoms with E-state index in [1.165, 1.54) is 4.90 Å². The number of amides is 3. The number of hydrogen-bond donors (Lipinski definition) is 3. The first-order valence-electron chi connectivity index (χ1n) is 15.9. The summed E-state index contributed by atoms with van der Waals surface area (Å²) in [5, 5.41) is 6.80. The van der Waals surface area contributed by atoms with E-state index in [1.807, 2.05) is 51.2 Å². The van der Waals surface area contributed by atoms with Gasteiger partial charge in [-0.2, -0.15) is 0 Å². The van der Waals surface area contributed by atoms with Gasteiger partial charge in [0, 0.05) is 37.0 Å². The van der Waals surface area contributed by atoms with E-state index in [4.69, 9.17) is 9.47 Å². The van der Waals surface area contributed by atoms with Gasteiger partial charge in [-0.3, -0.25) is 19.2 Å². The van der Waals surface area contributed by atoms with Crippen LogP contribution < -0.4 is 15.4 Å². The molecule has 10 nitrogen and oxygen atoms in total. The number of aromatic nitrogens is 1. The molecule has 0 spiro atoms. The molecular formula is C36H46N4O6. The maximum atomic E-state index is 14.2. The molecule has 0 saturated heterocycles. The monoisotopic (exact) mass is 630 g/mol. The van der Waals surface area contributed by atoms with Crippen LogP contribution in [0.4, 0.5) is 0 Å². The summed E-state index contributed by atoms with van der Waals surface area (Å²) in [6.07, 6.45) is 5.05. The Labute approximate surface area is 270 Å². The van der Waals surface area contributed by atoms with Crippen LogP contribution in [0.25, 0.3) is 10.9 Å². The number of esters is 1. The molecule has 1 aliphatic rings. The van der Waals surface area contributed by atoms with Crippen LogP contribution >= 0.6 is 0 Å². The third-order valence-corrected chi connectivity index (χ3v) is 8.51. The third-order valence-electron chi connectivity index (χ3n) is 8.51. The van der Waals surface area contributed by atoms with E-state index in [0.29, 0.717) is 24.2 Å². The van der Waals surface area contributed by atoms with Crippen molar-refractivity contribution in [1.29, 1.82) is 0 Å². The standard InChI is InChI=1S/C36H46N4O6/c1-22-11-16-33(41)38-25(4)36(44)40(5)32(19-27-21-37-30-10-8-7-9-29(27)30)35(43)39-31(26-12-14-28(45-6)15-13-26)20-34(42)46-24(3)18-23(2)17-22/h7-10,12-15,17,21,23-25,31-32,37H,11,16,18-20H2,1-6H3,(H,38,41)(H,39,43)/b22-17+/t23-,24-,25-,31+,32+/m0/s1. The zero-order valence-electron chi connectivity index (χ0n) is 27.6. The number of H-pyrrole nitrogens is 1. The van der Waals surface area contributed by atoms with Crippen molar-refractivity contribution in [3.63, 3.8) is 0 Å². The normalized spacial score (nSPS) is 25.7. The highest BCUT2D eigenvalue weighted by molar-refractivity contribution is 5.93. The van der Waals surface area contributed by atoms with Gasteiger partial charge < -0.3 is 30.0 Å². The number of hydrogen-bond acceptors (Lipinski definition) is 6. The molecule has 1 aromatic heterocycles. The molecular weight excluding hydrogens is 584 g/mol. The average molecular weight is 631 g/mol. The third kappa shape index (κ3) is 8.99. The maximum Gasteiger partial charge on any atom is 0.308 e. The number of carbonyl (C=O) groups excluding carboxylic acids is 4. The Morgan fingerprint density at radius 2 is 1.67 bits per heavy atom. The number of para-hydroxylation sites is 1. The van der Waals surface area contributed by atoms with Gasteiger partial charge in [0.05, 0.1) is 25.7 Å². The number of nitrogens with one attached hydrogen (secondary N) is 3. The first-order chi connectivity index (χ1) is 21.9. The van der Waals surface area contributed by atoms with Crippen LogP contribution in [0, 0.1) is 5.92 Å². The summed E-state index contributed by atoms with van der Waals surface area (Å²) in [7, 11) is 3.14. The van der Waals surface area contributed by atoms with Crippen LogP contribution in [0.15, 0.2) is 66.4 Å². The summed E-state index contributed by atoms with van der Waals surface area (Å²) in [6, 6.07) is 12.3. The summed E-state index contributed by atoms with van der Waals surface area (Å²) in [6.45, 7) is 7.49. The number of benzene rings is 2. The Kier molecular flexibility index (Phi) is 11.6. The average Bonchev–Trinajstić information content (AvgIpc) is 3.43. The number of methoxy groups -OCH3 is 1. The molecule has 0 saturated carbocycles. The van der Waals surface area contributed by atoms with E-state index in [9.17, 15) is 19.2 Å². The second kappa shape index (κ2) is 15.6. The van der Waals surface area contributed by atoms with Crippen molar-refractivity contribution < 1.29 is 28.7 Å². The highest BCUT2D eigenvalue weighted by Crippen LogP contribution is 2.25. The van der Waals surface area contributed by atoms with Crippen LogP contribution in [0.2, 0.25) is 0 Å². The molecule has 5 atom stereocenters. The molecule has 0 unspecified atom stereocenters. The van der Waals surface area contributed by atoms with Gasteiger partial charge in [0.25, 0.3) is 0 Å². The number of cyclic esters (lactones) is 1. The lowest BCUT2D eigenvalue weighted by Gasteiger charge is -2.31. The van der Waals surface area contributed by atoms with E-state index >= 15 is 0 Å². The lowest BCUT2D eigenvalue weighted by molar-refractivity contribution is -0.149. The van der Waals surface area contributed by atoms with Crippen LogP contribution in [0.1, 0.15) is 70.5 Å². The van der Waals surface area contributed by atoms with E-state index in [0.717, 1.165) is 22.0 Å². The summed E-state index contributed by atoms with van der Waals surface area (Å²) in [4.78, 5) is 58.7. The topological polar surface area (TPSA) is 130 Å². The SMILES string of the molecule is COc1ccc([C@H]2CC(=O)O[C@@H](C)C[C@@H](C)/C=C(\C)CCC(=O)N[C@@H](C)C(=O)N(C)[C@H](Cc3c[nH]c4ccccc34)C(=O)N2)cc1. The molecule has 46 heavy (non-hydrogen) atoms. The molecule has 3 amide bonds. The molecule has 3 N–H and O–H groups in total. The highest BCUT2D eigenvalue weighted by atomic mass is 16.5. The first-order valence-corrected chi connectivity index (χ1v) is 15.9. The van der Waals surface area contributed by atoms with Crippen molar-refractivity contribution in [1.82, 2.24) is 20.5 Å². The molecule has 1 aliphatic heterocycles. The number of allylic oxidation sites excluding steroid dienone is 2. The van der Waals surface area contributed by atoms with Crippen LogP contribution in [-0.2, 0) is 30.3 Å². The van der Waals surface area contributed by atoms with E-state index in [2.05, 4.69) is 21.7 Å². The molecule has 2 heterocycles. The van der Waals surface area contributed by atoms with Gasteiger partial charge in [-0.05, 0) is 68.9 Å². The fourth-order valence-electron chi connectivity index (χ4n) is 6.06. The van der Waals surface area contributed by atoms with E-state index in [1.54, 1.807) is 45.3 Å². The predicted molar refractivity (Wildman–Crippen MR) is 177 cm³/mol. The molecule has 4 rings (SSSR count). The summed E-state index contributed by atoms with van der Waals surface area (Å²) < 4.78 is 11.1. The fourth-order valence-corrected chi connectivity index (χ4v) is 6.06. The lowest BCUT2D eigenvalue weighted by Crippen LogP contribution is -2.54. The number of carbonyl (C=O) groups is 4. The first kappa shape index (κ1) is 34.3. The Morgan fingerprint density at radius 3 is 2.39 bits per heavy atom. The van der Waals surface area contributed by atoms with Crippen molar-refractivity contribution in [3.05, 3.63) is 77.5 Å². The minimum atomic E-state index is -0.949. The second-order valence-corrected chi connectivity index (χ2v) is 12.4. The summed E-state index contributed by atoms with van der Waals surface area (Å²) in [5.41, 5.74) is 3.51. The van der Waals surface area contributed by atoms with Crippen LogP contribution in [-0.4, -0.2) is 65.9 Å². The number of fused-ring (bicyclic) bond motifs is 1. The maximum absolute atomic E-state index is 14.2. The molecule has 0 aliphatic carbocycles. The Balaban J connectivity index is 1.70. The number of aromatic amines is 1. The van der Waals surface area contributed by atoms with Crippen LogP contribution in [0.3, 0.4) is 0 Å². The predicted octanol–water partition coefficient (Wildman–Crippen LogP) is 5.00. The number of ether oxygens (including phenoxy) is 2. The van der Waals surface area contributed by atoms with Crippen molar-refractivity contribution in [2.24, 2.45) is 5.92 Å². The minimum absolute atomic E-state index is 0.102. The summed E-state index contributed by atoms with van der Waals surface area (Å²) in [5.74, 6) is -0.774. The minimum Gasteiger partial charge on any atom is -0.497 e. The van der Waals surface area contributed by atoms with Gasteiger partial charge in [0.2, 0.25) is 17.7 Å². The van der Waals surface area contributed by atoms with Gasteiger partial charge in [0.1, 0.15) is 17.8 Å². The number of rotatable bonds is 4. The second-order valence-electron chi connectivity index (χ2n) is 12.4. The van der Waals surface area contributed by atoms with E-state index in [-0.39, 0.29) is 37.2 Å². The van der Waals surface area contributed by atoms with Crippen molar-refractivity contribution >= 4 is 34.6 Å². The molecule has 0 radical (unpaired) electrons. The van der Waals surface area contributed by atoms with Crippen molar-refractivity contribution in [2.75, 3.05) is 14.2 Å². The number of likely N-dealkylation sites (N-methyl/N-ethyl adjacent to an activating group) is 1. The molecule has 3 aromatic rings. The molecule has 10 heteroatoms. The molecule has 2 aromatic carbocycles. The number of nitrogens with zero attached hydrogens (tertiary/aromatic N) is 1. The Hall–Kier alpha value is -4.60. The van der Waals surface area contributed by atoms with Crippen LogP contribution in [0.5, 0.6) is 5.75 Å².